The molecule has 2 aromatic heterocycles. The summed E-state index contributed by atoms with van der Waals surface area (Å²) in [6.07, 6.45) is 0.615. The second kappa shape index (κ2) is 10.8. The standard InChI is InChI=1S/C29H32ClN5O3S/c1-17-16-21-25(39-26(32-21)20-10-11-31-28(33-20)35-14-12-34(5)13-15-35)23(18-6-8-19(30)9-7-18)22(17)24(27(36)37)38-29(2,3)4/h6-11,16,24H,12-15H2,1-5H3,(H,36,37)/t24-/m0/s1. The number of rotatable bonds is 6. The van der Waals surface area contributed by atoms with Crippen molar-refractivity contribution in [2.45, 2.75) is 39.4 Å². The van der Waals surface area contributed by atoms with E-state index in [0.717, 1.165) is 63.8 Å². The Kier molecular flexibility index (Phi) is 7.61. The van der Waals surface area contributed by atoms with Gasteiger partial charge in [0.05, 0.1) is 15.8 Å². The van der Waals surface area contributed by atoms with Crippen LogP contribution in [0.25, 0.3) is 32.0 Å². The summed E-state index contributed by atoms with van der Waals surface area (Å²) in [6, 6.07) is 11.2. The number of thiazole rings is 1. The van der Waals surface area contributed by atoms with Gasteiger partial charge in [0.15, 0.2) is 6.10 Å². The van der Waals surface area contributed by atoms with Gasteiger partial charge in [-0.2, -0.15) is 0 Å². The molecular formula is C29H32ClN5O3S. The highest BCUT2D eigenvalue weighted by atomic mass is 35.5. The molecule has 1 aliphatic heterocycles. The van der Waals surface area contributed by atoms with Gasteiger partial charge in [-0.1, -0.05) is 23.7 Å². The molecule has 0 amide bonds. The van der Waals surface area contributed by atoms with Crippen LogP contribution in [0, 0.1) is 6.92 Å². The molecule has 10 heteroatoms. The van der Waals surface area contributed by atoms with Gasteiger partial charge in [-0.15, -0.1) is 11.3 Å². The number of likely N-dealkylation sites (N-methyl/N-ethyl adjacent to an activating group) is 1. The summed E-state index contributed by atoms with van der Waals surface area (Å²) in [5.74, 6) is -0.348. The number of carbonyl (C=O) groups is 1. The van der Waals surface area contributed by atoms with Gasteiger partial charge in [-0.25, -0.2) is 19.7 Å². The lowest BCUT2D eigenvalue weighted by Gasteiger charge is -2.32. The van der Waals surface area contributed by atoms with Crippen molar-refractivity contribution in [3.8, 4) is 21.8 Å². The minimum absolute atomic E-state index is 0.604. The first-order valence-corrected chi connectivity index (χ1v) is 14.1. The molecule has 1 saturated heterocycles. The average Bonchev–Trinajstić information content (AvgIpc) is 3.31. The van der Waals surface area contributed by atoms with Crippen LogP contribution in [0.4, 0.5) is 5.95 Å². The second-order valence-corrected chi connectivity index (χ2v) is 12.3. The Labute approximate surface area is 237 Å². The van der Waals surface area contributed by atoms with Crippen LogP contribution in [0.2, 0.25) is 5.02 Å². The molecule has 204 valence electrons. The van der Waals surface area contributed by atoms with Crippen molar-refractivity contribution in [2.24, 2.45) is 0 Å². The van der Waals surface area contributed by atoms with Gasteiger partial charge in [0.25, 0.3) is 0 Å². The monoisotopic (exact) mass is 565 g/mol. The van der Waals surface area contributed by atoms with E-state index in [2.05, 4.69) is 21.8 Å². The lowest BCUT2D eigenvalue weighted by molar-refractivity contribution is -0.160. The Bertz CT molecular complexity index is 1510. The Morgan fingerprint density at radius 1 is 1.10 bits per heavy atom. The van der Waals surface area contributed by atoms with Gasteiger partial charge >= 0.3 is 5.97 Å². The fourth-order valence-corrected chi connectivity index (χ4v) is 6.00. The molecule has 0 saturated carbocycles. The first kappa shape index (κ1) is 27.5. The summed E-state index contributed by atoms with van der Waals surface area (Å²) in [7, 11) is 2.12. The second-order valence-electron chi connectivity index (χ2n) is 10.8. The molecule has 0 spiro atoms. The molecule has 0 aliphatic carbocycles. The lowest BCUT2D eigenvalue weighted by atomic mass is 9.91. The fraction of sp³-hybridized carbons (Fsp3) is 0.379. The maximum absolute atomic E-state index is 12.6. The molecule has 4 aromatic rings. The smallest absolute Gasteiger partial charge is 0.337 e. The van der Waals surface area contributed by atoms with Crippen LogP contribution in [0.1, 0.15) is 38.0 Å². The molecule has 8 nitrogen and oxygen atoms in total. The van der Waals surface area contributed by atoms with Crippen LogP contribution in [0.15, 0.2) is 42.6 Å². The van der Waals surface area contributed by atoms with Crippen molar-refractivity contribution in [1.82, 2.24) is 19.9 Å². The van der Waals surface area contributed by atoms with Gasteiger partial charge in [-0.05, 0) is 70.1 Å². The number of anilines is 1. The molecule has 1 aliphatic rings. The molecular weight excluding hydrogens is 534 g/mol. The normalized spacial score (nSPS) is 15.6. The van der Waals surface area contributed by atoms with E-state index in [4.69, 9.17) is 26.3 Å². The number of aryl methyl sites for hydroxylation is 1. The first-order valence-electron chi connectivity index (χ1n) is 12.9. The summed E-state index contributed by atoms with van der Waals surface area (Å²) >= 11 is 7.70. The molecule has 1 fully saturated rings. The molecule has 1 atom stereocenters. The molecule has 0 unspecified atom stereocenters. The van der Waals surface area contributed by atoms with Gasteiger partial charge in [-0.3, -0.25) is 0 Å². The molecule has 2 aromatic carbocycles. The predicted molar refractivity (Wildman–Crippen MR) is 157 cm³/mol. The fourth-order valence-electron chi connectivity index (χ4n) is 4.77. The number of halogens is 1. The number of benzene rings is 2. The molecule has 1 N–H and O–H groups in total. The maximum atomic E-state index is 12.6. The highest BCUT2D eigenvalue weighted by Crippen LogP contribution is 2.44. The van der Waals surface area contributed by atoms with Crippen LogP contribution >= 0.6 is 22.9 Å². The first-order chi connectivity index (χ1) is 18.5. The number of piperazine rings is 1. The highest BCUT2D eigenvalue weighted by molar-refractivity contribution is 7.22. The number of hydrogen-bond acceptors (Lipinski definition) is 8. The highest BCUT2D eigenvalue weighted by Gasteiger charge is 2.32. The largest absolute Gasteiger partial charge is 0.479 e. The van der Waals surface area contributed by atoms with Crippen molar-refractivity contribution in [3.63, 3.8) is 0 Å². The maximum Gasteiger partial charge on any atom is 0.337 e. The number of hydrogen-bond donors (Lipinski definition) is 1. The average molecular weight is 566 g/mol. The Morgan fingerprint density at radius 3 is 2.44 bits per heavy atom. The van der Waals surface area contributed by atoms with Crippen LogP contribution in [-0.4, -0.2) is 69.8 Å². The summed E-state index contributed by atoms with van der Waals surface area (Å²) < 4.78 is 6.98. The SMILES string of the molecule is Cc1cc2nc(-c3ccnc(N4CCN(C)CC4)n3)sc2c(-c2ccc(Cl)cc2)c1[C@H](OC(C)(C)C)C(=O)O. The predicted octanol–water partition coefficient (Wildman–Crippen LogP) is 6.07. The quantitative estimate of drug-likeness (QED) is 0.301. The zero-order valence-corrected chi connectivity index (χ0v) is 24.3. The van der Waals surface area contributed by atoms with Crippen molar-refractivity contribution in [2.75, 3.05) is 38.1 Å². The minimum Gasteiger partial charge on any atom is -0.479 e. The Morgan fingerprint density at radius 2 is 1.79 bits per heavy atom. The Balaban J connectivity index is 1.67. The third-order valence-electron chi connectivity index (χ3n) is 6.67. The number of nitrogens with zero attached hydrogens (tertiary/aromatic N) is 5. The van der Waals surface area contributed by atoms with E-state index < -0.39 is 17.7 Å². The van der Waals surface area contributed by atoms with E-state index in [-0.39, 0.29) is 0 Å². The molecule has 0 bridgehead atoms. The number of aromatic nitrogens is 3. The zero-order chi connectivity index (χ0) is 27.9. The topological polar surface area (TPSA) is 91.7 Å². The number of fused-ring (bicyclic) bond motifs is 1. The lowest BCUT2D eigenvalue weighted by Crippen LogP contribution is -2.45. The van der Waals surface area contributed by atoms with Crippen molar-refractivity contribution >= 4 is 45.1 Å². The molecule has 39 heavy (non-hydrogen) atoms. The van der Waals surface area contributed by atoms with E-state index in [9.17, 15) is 9.90 Å². The van der Waals surface area contributed by atoms with Crippen molar-refractivity contribution < 1.29 is 14.6 Å². The third-order valence-corrected chi connectivity index (χ3v) is 8.03. The number of aliphatic carboxylic acids is 1. The summed E-state index contributed by atoms with van der Waals surface area (Å²) in [5, 5.41) is 11.6. The molecule has 3 heterocycles. The zero-order valence-electron chi connectivity index (χ0n) is 22.7. The van der Waals surface area contributed by atoms with Gasteiger partial charge in [0, 0.05) is 48.5 Å². The van der Waals surface area contributed by atoms with Crippen LogP contribution < -0.4 is 4.90 Å². The molecule has 5 rings (SSSR count). The minimum atomic E-state index is -1.16. The van der Waals surface area contributed by atoms with Gasteiger partial charge in [0.2, 0.25) is 5.95 Å². The van der Waals surface area contributed by atoms with E-state index in [0.29, 0.717) is 16.5 Å². The summed E-state index contributed by atoms with van der Waals surface area (Å²) in [6.45, 7) is 11.1. The van der Waals surface area contributed by atoms with Crippen LogP contribution in [0.3, 0.4) is 0 Å². The number of carboxylic acids is 1. The summed E-state index contributed by atoms with van der Waals surface area (Å²) in [5.41, 5.74) is 3.90. The van der Waals surface area contributed by atoms with E-state index in [1.165, 1.54) is 11.3 Å². The number of ether oxygens (including phenoxy) is 1. The van der Waals surface area contributed by atoms with Crippen molar-refractivity contribution in [1.29, 1.82) is 0 Å². The Hall–Kier alpha value is -3.11. The van der Waals surface area contributed by atoms with E-state index in [1.807, 2.05) is 64.1 Å². The van der Waals surface area contributed by atoms with Crippen LogP contribution in [-0.2, 0) is 9.53 Å². The van der Waals surface area contributed by atoms with Crippen molar-refractivity contribution in [3.05, 3.63) is 58.7 Å². The summed E-state index contributed by atoms with van der Waals surface area (Å²) in [4.78, 5) is 31.4. The van der Waals surface area contributed by atoms with E-state index >= 15 is 0 Å². The van der Waals surface area contributed by atoms with Gasteiger partial charge in [0.1, 0.15) is 10.7 Å². The third kappa shape index (κ3) is 5.91. The van der Waals surface area contributed by atoms with E-state index in [1.54, 1.807) is 6.20 Å². The van der Waals surface area contributed by atoms with Crippen LogP contribution in [0.5, 0.6) is 0 Å². The van der Waals surface area contributed by atoms with Gasteiger partial charge < -0.3 is 19.6 Å². The molecule has 0 radical (unpaired) electrons. The number of carboxylic acid groups (broad SMARTS) is 1.